The third-order valence-corrected chi connectivity index (χ3v) is 4.32. The molecule has 1 unspecified atom stereocenters. The standard InChI is InChI=1S/C11H13N3O4S/c1-6-7(2)13-14-10(9(6)11(15)16)12-8-3-4-19(17,18)5-8/h3-4,8H,5H2,1-2H3,(H,12,14)(H,15,16). The van der Waals surface area contributed by atoms with Gasteiger partial charge in [0.25, 0.3) is 0 Å². The summed E-state index contributed by atoms with van der Waals surface area (Å²) >= 11 is 0. The second-order valence-electron chi connectivity index (χ2n) is 4.35. The van der Waals surface area contributed by atoms with Crippen LogP contribution in [0.1, 0.15) is 21.6 Å². The first kappa shape index (κ1) is 13.5. The Morgan fingerprint density at radius 3 is 2.63 bits per heavy atom. The van der Waals surface area contributed by atoms with Gasteiger partial charge >= 0.3 is 5.97 Å². The number of hydrogen-bond donors (Lipinski definition) is 2. The van der Waals surface area contributed by atoms with Crippen LogP contribution in [0, 0.1) is 13.8 Å². The highest BCUT2D eigenvalue weighted by Gasteiger charge is 2.25. The summed E-state index contributed by atoms with van der Waals surface area (Å²) in [4.78, 5) is 11.3. The summed E-state index contributed by atoms with van der Waals surface area (Å²) in [5, 5.41) is 20.8. The maximum Gasteiger partial charge on any atom is 0.339 e. The van der Waals surface area contributed by atoms with Crippen LogP contribution in [0.2, 0.25) is 0 Å². The van der Waals surface area contributed by atoms with Gasteiger partial charge in [-0.3, -0.25) is 0 Å². The van der Waals surface area contributed by atoms with E-state index in [0.717, 1.165) is 5.41 Å². The van der Waals surface area contributed by atoms with E-state index in [1.165, 1.54) is 6.08 Å². The lowest BCUT2D eigenvalue weighted by Gasteiger charge is -2.14. The quantitative estimate of drug-likeness (QED) is 0.831. The highest BCUT2D eigenvalue weighted by Crippen LogP contribution is 2.21. The number of aromatic nitrogens is 2. The van der Waals surface area contributed by atoms with Crippen molar-refractivity contribution in [2.24, 2.45) is 0 Å². The molecule has 0 bridgehead atoms. The number of carboxylic acid groups (broad SMARTS) is 1. The summed E-state index contributed by atoms with van der Waals surface area (Å²) in [6.07, 6.45) is 1.47. The molecule has 1 aliphatic heterocycles. The number of carboxylic acids is 1. The number of anilines is 1. The first-order chi connectivity index (χ1) is 8.80. The largest absolute Gasteiger partial charge is 0.478 e. The fourth-order valence-corrected chi connectivity index (χ4v) is 3.05. The molecule has 0 aromatic carbocycles. The third kappa shape index (κ3) is 2.73. The fourth-order valence-electron chi connectivity index (χ4n) is 1.81. The average Bonchev–Trinajstić information content (AvgIpc) is 2.63. The van der Waals surface area contributed by atoms with Crippen molar-refractivity contribution in [2.45, 2.75) is 19.9 Å². The van der Waals surface area contributed by atoms with E-state index in [1.54, 1.807) is 13.8 Å². The number of nitrogens with zero attached hydrogens (tertiary/aromatic N) is 2. The van der Waals surface area contributed by atoms with Crippen LogP contribution in [-0.4, -0.2) is 41.5 Å². The van der Waals surface area contributed by atoms with Gasteiger partial charge in [0.1, 0.15) is 5.56 Å². The van der Waals surface area contributed by atoms with E-state index in [0.29, 0.717) is 11.3 Å². The Labute approximate surface area is 110 Å². The van der Waals surface area contributed by atoms with Crippen molar-refractivity contribution in [2.75, 3.05) is 11.1 Å². The van der Waals surface area contributed by atoms with Gasteiger partial charge in [-0.05, 0) is 25.5 Å². The topological polar surface area (TPSA) is 109 Å². The number of sulfone groups is 1. The monoisotopic (exact) mass is 283 g/mol. The minimum absolute atomic E-state index is 0.0187. The summed E-state index contributed by atoms with van der Waals surface area (Å²) in [5.74, 6) is -1.15. The Hall–Kier alpha value is -1.96. The molecule has 1 aromatic rings. The summed E-state index contributed by atoms with van der Waals surface area (Å²) < 4.78 is 22.6. The van der Waals surface area contributed by atoms with Crippen LogP contribution in [0.25, 0.3) is 0 Å². The molecule has 1 atom stereocenters. The molecule has 7 nitrogen and oxygen atoms in total. The first-order valence-electron chi connectivity index (χ1n) is 5.55. The molecule has 8 heteroatoms. The number of carbonyl (C=O) groups is 1. The van der Waals surface area contributed by atoms with Crippen LogP contribution in [0.15, 0.2) is 11.5 Å². The molecule has 2 heterocycles. The lowest BCUT2D eigenvalue weighted by molar-refractivity contribution is 0.0696. The summed E-state index contributed by atoms with van der Waals surface area (Å²) in [5.41, 5.74) is 1.05. The lowest BCUT2D eigenvalue weighted by atomic mass is 10.1. The van der Waals surface area contributed by atoms with E-state index in [-0.39, 0.29) is 17.1 Å². The number of rotatable bonds is 3. The van der Waals surface area contributed by atoms with E-state index in [2.05, 4.69) is 15.5 Å². The molecule has 2 N–H and O–H groups in total. The van der Waals surface area contributed by atoms with Gasteiger partial charge in [0.2, 0.25) is 0 Å². The van der Waals surface area contributed by atoms with Gasteiger partial charge in [-0.2, -0.15) is 5.10 Å². The molecule has 102 valence electrons. The van der Waals surface area contributed by atoms with Crippen molar-refractivity contribution in [3.8, 4) is 0 Å². The number of nitrogens with one attached hydrogen (secondary N) is 1. The van der Waals surface area contributed by atoms with E-state index in [1.807, 2.05) is 0 Å². The molecule has 19 heavy (non-hydrogen) atoms. The molecule has 0 amide bonds. The molecule has 0 radical (unpaired) electrons. The molecule has 0 saturated carbocycles. The van der Waals surface area contributed by atoms with Crippen molar-refractivity contribution in [1.82, 2.24) is 10.2 Å². The van der Waals surface area contributed by atoms with Gasteiger partial charge in [0.05, 0.1) is 17.5 Å². The highest BCUT2D eigenvalue weighted by molar-refractivity contribution is 7.94. The van der Waals surface area contributed by atoms with Gasteiger partial charge in [-0.15, -0.1) is 5.10 Å². The van der Waals surface area contributed by atoms with Crippen LogP contribution >= 0.6 is 0 Å². The minimum Gasteiger partial charge on any atom is -0.478 e. The van der Waals surface area contributed by atoms with Crippen molar-refractivity contribution in [3.05, 3.63) is 28.3 Å². The maximum absolute atomic E-state index is 11.3. The van der Waals surface area contributed by atoms with Gasteiger partial charge < -0.3 is 10.4 Å². The smallest absolute Gasteiger partial charge is 0.339 e. The van der Waals surface area contributed by atoms with Crippen molar-refractivity contribution >= 4 is 21.6 Å². The molecule has 2 rings (SSSR count). The van der Waals surface area contributed by atoms with Gasteiger partial charge in [-0.25, -0.2) is 13.2 Å². The fraction of sp³-hybridized carbons (Fsp3) is 0.364. The van der Waals surface area contributed by atoms with Gasteiger partial charge in [0.15, 0.2) is 15.7 Å². The van der Waals surface area contributed by atoms with Crippen LogP contribution in [0.5, 0.6) is 0 Å². The highest BCUT2D eigenvalue weighted by atomic mass is 32.2. The van der Waals surface area contributed by atoms with Crippen LogP contribution < -0.4 is 5.32 Å². The van der Waals surface area contributed by atoms with Crippen molar-refractivity contribution < 1.29 is 18.3 Å². The van der Waals surface area contributed by atoms with Crippen LogP contribution in [0.4, 0.5) is 5.82 Å². The summed E-state index contributed by atoms with van der Waals surface area (Å²) in [7, 11) is -3.21. The van der Waals surface area contributed by atoms with Gasteiger partial charge in [-0.1, -0.05) is 0 Å². The van der Waals surface area contributed by atoms with Gasteiger partial charge in [0, 0.05) is 5.41 Å². The SMILES string of the molecule is Cc1nnc(NC2C=CS(=O)(=O)C2)c(C(=O)O)c1C. The molecule has 0 aliphatic carbocycles. The molecular weight excluding hydrogens is 270 g/mol. The third-order valence-electron chi connectivity index (χ3n) is 2.92. The predicted octanol–water partition coefficient (Wildman–Crippen LogP) is 0.514. The number of hydrogen-bond acceptors (Lipinski definition) is 6. The summed E-state index contributed by atoms with van der Waals surface area (Å²) in [6.45, 7) is 3.30. The van der Waals surface area contributed by atoms with Crippen LogP contribution in [0.3, 0.4) is 0 Å². The van der Waals surface area contributed by atoms with Crippen LogP contribution in [-0.2, 0) is 9.84 Å². The number of aromatic carboxylic acids is 1. The molecule has 0 saturated heterocycles. The zero-order chi connectivity index (χ0) is 14.2. The minimum atomic E-state index is -3.21. The van der Waals surface area contributed by atoms with Crippen molar-refractivity contribution in [1.29, 1.82) is 0 Å². The Balaban J connectivity index is 2.34. The first-order valence-corrected chi connectivity index (χ1v) is 7.26. The molecule has 1 aromatic heterocycles. The van der Waals surface area contributed by atoms with E-state index < -0.39 is 21.8 Å². The summed E-state index contributed by atoms with van der Waals surface area (Å²) in [6, 6.07) is -0.487. The van der Waals surface area contributed by atoms with Crippen molar-refractivity contribution in [3.63, 3.8) is 0 Å². The molecule has 0 spiro atoms. The Morgan fingerprint density at radius 2 is 2.11 bits per heavy atom. The second-order valence-corrected chi connectivity index (χ2v) is 6.28. The molecule has 1 aliphatic rings. The molecular formula is C11H13N3O4S. The predicted molar refractivity (Wildman–Crippen MR) is 68.8 cm³/mol. The van der Waals surface area contributed by atoms with E-state index in [4.69, 9.17) is 0 Å². The Bertz CT molecular complexity index is 667. The second kappa shape index (κ2) is 4.61. The Morgan fingerprint density at radius 1 is 1.42 bits per heavy atom. The lowest BCUT2D eigenvalue weighted by Crippen LogP contribution is -2.24. The maximum atomic E-state index is 11.3. The van der Waals surface area contributed by atoms with E-state index in [9.17, 15) is 18.3 Å². The van der Waals surface area contributed by atoms with E-state index >= 15 is 0 Å². The number of aryl methyl sites for hydroxylation is 1. The normalized spacial score (nSPS) is 20.4. The average molecular weight is 283 g/mol. The zero-order valence-corrected chi connectivity index (χ0v) is 11.2. The Kier molecular flexibility index (Phi) is 3.27. The molecule has 0 fully saturated rings. The zero-order valence-electron chi connectivity index (χ0n) is 10.4.